The van der Waals surface area contributed by atoms with Crippen LogP contribution in [0, 0.1) is 11.8 Å². The standard InChI is InChI=1S/C7H11NO2/c1-2-3-6-10-7(9)4-5-8/h4-6,8H2,1H3. The molecule has 0 aromatic carbocycles. The van der Waals surface area contributed by atoms with E-state index in [4.69, 9.17) is 5.73 Å². The SMILES string of the molecule is CC#CCOC(=O)CCN. The lowest BCUT2D eigenvalue weighted by Crippen LogP contribution is -2.11. The maximum absolute atomic E-state index is 10.5. The van der Waals surface area contributed by atoms with Crippen molar-refractivity contribution in [2.45, 2.75) is 13.3 Å². The molecular weight excluding hydrogens is 130 g/mol. The van der Waals surface area contributed by atoms with E-state index in [-0.39, 0.29) is 19.0 Å². The summed E-state index contributed by atoms with van der Waals surface area (Å²) in [5, 5.41) is 0. The van der Waals surface area contributed by atoms with Crippen molar-refractivity contribution >= 4 is 5.97 Å². The van der Waals surface area contributed by atoms with Gasteiger partial charge in [0.25, 0.3) is 0 Å². The van der Waals surface area contributed by atoms with Gasteiger partial charge in [0, 0.05) is 6.54 Å². The van der Waals surface area contributed by atoms with Crippen molar-refractivity contribution in [3.63, 3.8) is 0 Å². The Morgan fingerprint density at radius 2 is 2.40 bits per heavy atom. The van der Waals surface area contributed by atoms with Gasteiger partial charge in [-0.15, -0.1) is 5.92 Å². The van der Waals surface area contributed by atoms with E-state index in [1.54, 1.807) is 6.92 Å². The fraction of sp³-hybridized carbons (Fsp3) is 0.571. The Bertz CT molecular complexity index is 155. The predicted octanol–water partition coefficient (Wildman–Crippen LogP) is -0.0983. The van der Waals surface area contributed by atoms with Gasteiger partial charge in [0.1, 0.15) is 0 Å². The molecule has 2 N–H and O–H groups in total. The average Bonchev–Trinajstić information content (AvgIpc) is 1.89. The van der Waals surface area contributed by atoms with Gasteiger partial charge in [-0.3, -0.25) is 4.79 Å². The molecule has 0 bridgehead atoms. The second kappa shape index (κ2) is 6.12. The van der Waals surface area contributed by atoms with Crippen LogP contribution in [0.5, 0.6) is 0 Å². The molecule has 0 aliphatic carbocycles. The molecule has 10 heavy (non-hydrogen) atoms. The summed E-state index contributed by atoms with van der Waals surface area (Å²) < 4.78 is 4.63. The van der Waals surface area contributed by atoms with Gasteiger partial charge in [-0.1, -0.05) is 5.92 Å². The first-order valence-corrected chi connectivity index (χ1v) is 3.06. The third kappa shape index (κ3) is 5.13. The topological polar surface area (TPSA) is 52.3 Å². The summed E-state index contributed by atoms with van der Waals surface area (Å²) >= 11 is 0. The van der Waals surface area contributed by atoms with Crippen molar-refractivity contribution in [2.24, 2.45) is 5.73 Å². The van der Waals surface area contributed by atoms with Crippen LogP contribution in [-0.4, -0.2) is 19.1 Å². The minimum absolute atomic E-state index is 0.176. The van der Waals surface area contributed by atoms with E-state index in [2.05, 4.69) is 16.6 Å². The van der Waals surface area contributed by atoms with E-state index in [1.807, 2.05) is 0 Å². The summed E-state index contributed by atoms with van der Waals surface area (Å²) in [4.78, 5) is 10.5. The van der Waals surface area contributed by atoms with Crippen molar-refractivity contribution < 1.29 is 9.53 Å². The summed E-state index contributed by atoms with van der Waals surface area (Å²) in [5.74, 6) is 4.92. The van der Waals surface area contributed by atoms with Crippen LogP contribution in [0.2, 0.25) is 0 Å². The first kappa shape index (κ1) is 8.99. The zero-order chi connectivity index (χ0) is 7.82. The highest BCUT2D eigenvalue weighted by molar-refractivity contribution is 5.69. The number of carbonyl (C=O) groups excluding carboxylic acids is 1. The van der Waals surface area contributed by atoms with Crippen molar-refractivity contribution in [3.8, 4) is 11.8 Å². The minimum atomic E-state index is -0.287. The summed E-state index contributed by atoms with van der Waals surface area (Å²) in [6.07, 6.45) is 0.269. The maximum atomic E-state index is 10.5. The van der Waals surface area contributed by atoms with Crippen LogP contribution in [0.3, 0.4) is 0 Å². The highest BCUT2D eigenvalue weighted by atomic mass is 16.5. The largest absolute Gasteiger partial charge is 0.452 e. The fourth-order valence-corrected chi connectivity index (χ4v) is 0.379. The maximum Gasteiger partial charge on any atom is 0.308 e. The molecule has 0 saturated heterocycles. The van der Waals surface area contributed by atoms with E-state index < -0.39 is 0 Å². The number of ether oxygens (including phenoxy) is 1. The molecule has 56 valence electrons. The Balaban J connectivity index is 3.27. The number of esters is 1. The second-order valence-corrected chi connectivity index (χ2v) is 1.63. The van der Waals surface area contributed by atoms with Crippen molar-refractivity contribution in [3.05, 3.63) is 0 Å². The van der Waals surface area contributed by atoms with E-state index in [9.17, 15) is 4.79 Å². The van der Waals surface area contributed by atoms with Gasteiger partial charge in [-0.05, 0) is 6.92 Å². The number of hydrogen-bond donors (Lipinski definition) is 1. The van der Waals surface area contributed by atoms with Crippen LogP contribution < -0.4 is 5.73 Å². The van der Waals surface area contributed by atoms with Crippen molar-refractivity contribution in [2.75, 3.05) is 13.2 Å². The van der Waals surface area contributed by atoms with Gasteiger partial charge in [0.2, 0.25) is 0 Å². The molecule has 0 aliphatic rings. The smallest absolute Gasteiger partial charge is 0.308 e. The molecule has 0 radical (unpaired) electrons. The molecule has 0 heterocycles. The van der Waals surface area contributed by atoms with E-state index >= 15 is 0 Å². The molecule has 3 heteroatoms. The zero-order valence-corrected chi connectivity index (χ0v) is 6.02. The van der Waals surface area contributed by atoms with Crippen LogP contribution in [0.15, 0.2) is 0 Å². The molecule has 0 aromatic heterocycles. The van der Waals surface area contributed by atoms with Crippen LogP contribution in [0.1, 0.15) is 13.3 Å². The molecule has 0 atom stereocenters. The Hall–Kier alpha value is -1.01. The Labute approximate surface area is 60.5 Å². The fourth-order valence-electron chi connectivity index (χ4n) is 0.379. The molecule has 0 amide bonds. The molecule has 0 aromatic rings. The summed E-state index contributed by atoms with van der Waals surface area (Å²) in [6, 6.07) is 0. The van der Waals surface area contributed by atoms with Gasteiger partial charge in [-0.2, -0.15) is 0 Å². The van der Waals surface area contributed by atoms with Gasteiger partial charge in [0.15, 0.2) is 6.61 Å². The van der Waals surface area contributed by atoms with Gasteiger partial charge >= 0.3 is 5.97 Å². The number of carbonyl (C=O) groups is 1. The molecule has 0 saturated carbocycles. The lowest BCUT2D eigenvalue weighted by molar-refractivity contribution is -0.141. The van der Waals surface area contributed by atoms with Crippen LogP contribution in [0.4, 0.5) is 0 Å². The normalized spacial score (nSPS) is 7.80. The minimum Gasteiger partial charge on any atom is -0.452 e. The molecule has 0 spiro atoms. The van der Waals surface area contributed by atoms with E-state index in [0.29, 0.717) is 6.54 Å². The van der Waals surface area contributed by atoms with Gasteiger partial charge in [0.05, 0.1) is 6.42 Å². The highest BCUT2D eigenvalue weighted by Gasteiger charge is 1.96. The van der Waals surface area contributed by atoms with E-state index in [0.717, 1.165) is 0 Å². The first-order valence-electron chi connectivity index (χ1n) is 3.06. The zero-order valence-electron chi connectivity index (χ0n) is 6.02. The molecule has 0 unspecified atom stereocenters. The van der Waals surface area contributed by atoms with Crippen LogP contribution >= 0.6 is 0 Å². The van der Waals surface area contributed by atoms with Crippen molar-refractivity contribution in [1.82, 2.24) is 0 Å². The first-order chi connectivity index (χ1) is 4.81. The average molecular weight is 141 g/mol. The third-order valence-corrected chi connectivity index (χ3v) is 0.831. The van der Waals surface area contributed by atoms with E-state index in [1.165, 1.54) is 0 Å². The molecule has 0 rings (SSSR count). The lowest BCUT2D eigenvalue weighted by atomic mass is 10.4. The Kier molecular flexibility index (Phi) is 5.50. The van der Waals surface area contributed by atoms with Crippen LogP contribution in [-0.2, 0) is 9.53 Å². The predicted molar refractivity (Wildman–Crippen MR) is 38.1 cm³/mol. The molecular formula is C7H11NO2. The van der Waals surface area contributed by atoms with Crippen LogP contribution in [0.25, 0.3) is 0 Å². The summed E-state index contributed by atoms with van der Waals surface area (Å²) in [7, 11) is 0. The van der Waals surface area contributed by atoms with Gasteiger partial charge in [-0.25, -0.2) is 0 Å². The number of nitrogens with two attached hydrogens (primary N) is 1. The molecule has 3 nitrogen and oxygen atoms in total. The summed E-state index contributed by atoms with van der Waals surface area (Å²) in [6.45, 7) is 2.20. The molecule has 0 aliphatic heterocycles. The van der Waals surface area contributed by atoms with Gasteiger partial charge < -0.3 is 10.5 Å². The Morgan fingerprint density at radius 1 is 1.70 bits per heavy atom. The monoisotopic (exact) mass is 141 g/mol. The lowest BCUT2D eigenvalue weighted by Gasteiger charge is -1.96. The summed E-state index contributed by atoms with van der Waals surface area (Å²) in [5.41, 5.74) is 5.10. The Morgan fingerprint density at radius 3 is 2.90 bits per heavy atom. The second-order valence-electron chi connectivity index (χ2n) is 1.63. The van der Waals surface area contributed by atoms with Crippen molar-refractivity contribution in [1.29, 1.82) is 0 Å². The number of rotatable bonds is 3. The number of hydrogen-bond acceptors (Lipinski definition) is 3. The highest BCUT2D eigenvalue weighted by Crippen LogP contribution is 1.81. The molecule has 0 fully saturated rings. The quantitative estimate of drug-likeness (QED) is 0.441. The third-order valence-electron chi connectivity index (χ3n) is 0.831.